The lowest BCUT2D eigenvalue weighted by atomic mass is 10.1. The third kappa shape index (κ3) is 3.75. The minimum Gasteiger partial charge on any atom is -0.325 e. The van der Waals surface area contributed by atoms with E-state index in [1.807, 2.05) is 54.8 Å². The molecule has 1 N–H and O–H groups in total. The molecule has 2 amide bonds. The van der Waals surface area contributed by atoms with E-state index in [0.717, 1.165) is 19.8 Å². The van der Waals surface area contributed by atoms with Crippen LogP contribution in [0.1, 0.15) is 6.42 Å². The van der Waals surface area contributed by atoms with Crippen molar-refractivity contribution < 1.29 is 9.59 Å². The fourth-order valence-corrected chi connectivity index (χ4v) is 3.62. The summed E-state index contributed by atoms with van der Waals surface area (Å²) in [7, 11) is 0. The van der Waals surface area contributed by atoms with Gasteiger partial charge in [0.2, 0.25) is 11.8 Å². The molecule has 1 fully saturated rings. The summed E-state index contributed by atoms with van der Waals surface area (Å²) in [5.74, 6) is -0.431. The molecule has 0 aromatic heterocycles. The van der Waals surface area contributed by atoms with E-state index in [4.69, 9.17) is 0 Å². The molecule has 24 heavy (non-hydrogen) atoms. The maximum atomic E-state index is 12.5. The second kappa shape index (κ2) is 7.57. The second-order valence-corrected chi connectivity index (χ2v) is 7.61. The lowest BCUT2D eigenvalue weighted by Gasteiger charge is -2.17. The molecule has 0 spiro atoms. The number of thioether (sulfide) groups is 1. The smallest absolute Gasteiger partial charge is 0.229 e. The highest BCUT2D eigenvalue weighted by atomic mass is 127. The first-order valence-corrected chi connectivity index (χ1v) is 9.88. The summed E-state index contributed by atoms with van der Waals surface area (Å²) < 4.78 is 0.984. The average Bonchev–Trinajstić information content (AvgIpc) is 2.99. The zero-order chi connectivity index (χ0) is 17.1. The first kappa shape index (κ1) is 17.3. The SMILES string of the molecule is CSc1ccc(N2CC(C(=O)Nc3ccccc3I)CC2=O)cc1. The van der Waals surface area contributed by atoms with Gasteiger partial charge in [-0.05, 0) is 65.2 Å². The van der Waals surface area contributed by atoms with E-state index in [-0.39, 0.29) is 24.2 Å². The summed E-state index contributed by atoms with van der Waals surface area (Å²) in [5.41, 5.74) is 1.64. The molecule has 1 atom stereocenters. The van der Waals surface area contributed by atoms with E-state index in [1.54, 1.807) is 16.7 Å². The summed E-state index contributed by atoms with van der Waals surface area (Å²) in [5, 5.41) is 2.93. The van der Waals surface area contributed by atoms with Gasteiger partial charge >= 0.3 is 0 Å². The molecule has 1 aliphatic heterocycles. The molecule has 3 rings (SSSR count). The summed E-state index contributed by atoms with van der Waals surface area (Å²) >= 11 is 3.85. The third-order valence-corrected chi connectivity index (χ3v) is 5.70. The van der Waals surface area contributed by atoms with E-state index in [1.165, 1.54) is 0 Å². The van der Waals surface area contributed by atoms with Crippen LogP contribution in [0.25, 0.3) is 0 Å². The van der Waals surface area contributed by atoms with Gasteiger partial charge in [-0.2, -0.15) is 0 Å². The quantitative estimate of drug-likeness (QED) is 0.564. The number of amides is 2. The van der Waals surface area contributed by atoms with Crippen LogP contribution in [0.3, 0.4) is 0 Å². The van der Waals surface area contributed by atoms with Crippen molar-refractivity contribution in [3.8, 4) is 0 Å². The van der Waals surface area contributed by atoms with Gasteiger partial charge in [0, 0.05) is 27.1 Å². The van der Waals surface area contributed by atoms with E-state index in [2.05, 4.69) is 27.9 Å². The van der Waals surface area contributed by atoms with Gasteiger partial charge in [-0.15, -0.1) is 11.8 Å². The van der Waals surface area contributed by atoms with Gasteiger partial charge < -0.3 is 10.2 Å². The summed E-state index contributed by atoms with van der Waals surface area (Å²) in [6.45, 7) is 0.423. The predicted molar refractivity (Wildman–Crippen MR) is 106 cm³/mol. The molecule has 0 saturated carbocycles. The van der Waals surface area contributed by atoms with Gasteiger partial charge in [-0.25, -0.2) is 0 Å². The summed E-state index contributed by atoms with van der Waals surface area (Å²) in [4.78, 5) is 27.6. The molecule has 1 heterocycles. The highest BCUT2D eigenvalue weighted by Gasteiger charge is 2.35. The number of rotatable bonds is 4. The standard InChI is InChI=1S/C18H17IN2O2S/c1-24-14-8-6-13(7-9-14)21-11-12(10-17(21)22)18(23)20-16-5-3-2-4-15(16)19/h2-9,12H,10-11H2,1H3,(H,20,23). The molecular weight excluding hydrogens is 435 g/mol. The Kier molecular flexibility index (Phi) is 5.45. The Labute approximate surface area is 159 Å². The van der Waals surface area contributed by atoms with Crippen LogP contribution in [0.15, 0.2) is 53.4 Å². The van der Waals surface area contributed by atoms with Crippen LogP contribution in [0.5, 0.6) is 0 Å². The van der Waals surface area contributed by atoms with Gasteiger partial charge in [0.1, 0.15) is 0 Å². The molecule has 124 valence electrons. The molecule has 4 nitrogen and oxygen atoms in total. The molecule has 6 heteroatoms. The Balaban J connectivity index is 1.69. The topological polar surface area (TPSA) is 49.4 Å². The minimum atomic E-state index is -0.325. The fourth-order valence-electron chi connectivity index (χ4n) is 2.69. The van der Waals surface area contributed by atoms with Crippen molar-refractivity contribution in [3.63, 3.8) is 0 Å². The zero-order valence-electron chi connectivity index (χ0n) is 13.2. The zero-order valence-corrected chi connectivity index (χ0v) is 16.1. The lowest BCUT2D eigenvalue weighted by molar-refractivity contribution is -0.122. The third-order valence-electron chi connectivity index (χ3n) is 4.01. The molecule has 2 aromatic rings. The number of benzene rings is 2. The first-order valence-electron chi connectivity index (χ1n) is 7.58. The maximum absolute atomic E-state index is 12.5. The van der Waals surface area contributed by atoms with Crippen molar-refractivity contribution in [2.24, 2.45) is 5.92 Å². The summed E-state index contributed by atoms with van der Waals surface area (Å²) in [6.07, 6.45) is 2.26. The number of hydrogen-bond donors (Lipinski definition) is 1. The van der Waals surface area contributed by atoms with Gasteiger partial charge in [-0.3, -0.25) is 9.59 Å². The van der Waals surface area contributed by atoms with Crippen LogP contribution in [-0.4, -0.2) is 24.6 Å². The minimum absolute atomic E-state index is 0.00481. The normalized spacial score (nSPS) is 17.2. The van der Waals surface area contributed by atoms with Crippen molar-refractivity contribution in [2.75, 3.05) is 23.0 Å². The van der Waals surface area contributed by atoms with Crippen LogP contribution in [0, 0.1) is 9.49 Å². The fraction of sp³-hybridized carbons (Fsp3) is 0.222. The van der Waals surface area contributed by atoms with Gasteiger partial charge in [0.05, 0.1) is 11.6 Å². The van der Waals surface area contributed by atoms with Crippen molar-refractivity contribution in [2.45, 2.75) is 11.3 Å². The molecule has 0 aliphatic carbocycles. The van der Waals surface area contributed by atoms with Crippen LogP contribution < -0.4 is 10.2 Å². The number of hydrogen-bond acceptors (Lipinski definition) is 3. The molecule has 0 bridgehead atoms. The second-order valence-electron chi connectivity index (χ2n) is 5.57. The van der Waals surface area contributed by atoms with Crippen molar-refractivity contribution in [1.29, 1.82) is 0 Å². The van der Waals surface area contributed by atoms with E-state index in [0.29, 0.717) is 6.54 Å². The number of nitrogens with zero attached hydrogens (tertiary/aromatic N) is 1. The molecular formula is C18H17IN2O2S. The highest BCUT2D eigenvalue weighted by molar-refractivity contribution is 14.1. The van der Waals surface area contributed by atoms with E-state index >= 15 is 0 Å². The molecule has 0 radical (unpaired) electrons. The first-order chi connectivity index (χ1) is 11.6. The molecule has 1 aliphatic rings. The number of carbonyl (C=O) groups is 2. The van der Waals surface area contributed by atoms with E-state index < -0.39 is 0 Å². The largest absolute Gasteiger partial charge is 0.325 e. The Bertz CT molecular complexity index is 764. The Morgan fingerprint density at radius 1 is 1.21 bits per heavy atom. The number of para-hydroxylation sites is 1. The number of carbonyl (C=O) groups excluding carboxylic acids is 2. The average molecular weight is 452 g/mol. The highest BCUT2D eigenvalue weighted by Crippen LogP contribution is 2.28. The summed E-state index contributed by atoms with van der Waals surface area (Å²) in [6, 6.07) is 15.5. The van der Waals surface area contributed by atoms with Crippen molar-refractivity contribution in [1.82, 2.24) is 0 Å². The monoisotopic (exact) mass is 452 g/mol. The maximum Gasteiger partial charge on any atom is 0.229 e. The Morgan fingerprint density at radius 3 is 2.58 bits per heavy atom. The van der Waals surface area contributed by atoms with Crippen LogP contribution in [0.4, 0.5) is 11.4 Å². The van der Waals surface area contributed by atoms with Gasteiger partial charge in [0.15, 0.2) is 0 Å². The predicted octanol–water partition coefficient (Wildman–Crippen LogP) is 4.00. The van der Waals surface area contributed by atoms with Crippen LogP contribution >= 0.6 is 34.4 Å². The molecule has 2 aromatic carbocycles. The van der Waals surface area contributed by atoms with Crippen LogP contribution in [-0.2, 0) is 9.59 Å². The molecule has 1 unspecified atom stereocenters. The molecule has 1 saturated heterocycles. The van der Waals surface area contributed by atoms with Gasteiger partial charge in [-0.1, -0.05) is 12.1 Å². The van der Waals surface area contributed by atoms with Crippen molar-refractivity contribution >= 4 is 57.5 Å². The Hall–Kier alpha value is -1.54. The van der Waals surface area contributed by atoms with Crippen molar-refractivity contribution in [3.05, 3.63) is 52.1 Å². The van der Waals surface area contributed by atoms with Gasteiger partial charge in [0.25, 0.3) is 0 Å². The number of anilines is 2. The number of halogens is 1. The van der Waals surface area contributed by atoms with Crippen LogP contribution in [0.2, 0.25) is 0 Å². The number of nitrogens with one attached hydrogen (secondary N) is 1. The van der Waals surface area contributed by atoms with E-state index in [9.17, 15) is 9.59 Å². The Morgan fingerprint density at radius 2 is 1.92 bits per heavy atom. The lowest BCUT2D eigenvalue weighted by Crippen LogP contribution is -2.28.